The lowest BCUT2D eigenvalue weighted by Crippen LogP contribution is -2.55. The minimum atomic E-state index is -2.31. The number of hydrogen-bond acceptors (Lipinski definition) is 2. The molecule has 1 N–H and O–H groups in total. The van der Waals surface area contributed by atoms with Crippen LogP contribution in [0.5, 0.6) is 0 Å². The smallest absolute Gasteiger partial charge is 0.133 e. The van der Waals surface area contributed by atoms with E-state index in [0.717, 1.165) is 38.5 Å². The maximum atomic E-state index is 12.3. The summed E-state index contributed by atoms with van der Waals surface area (Å²) in [5.41, 5.74) is -1.50. The van der Waals surface area contributed by atoms with E-state index >= 15 is 0 Å². The summed E-state index contributed by atoms with van der Waals surface area (Å²) in [7, 11) is 0. The van der Waals surface area contributed by atoms with Crippen LogP contribution in [0.15, 0.2) is 0 Å². The summed E-state index contributed by atoms with van der Waals surface area (Å²) in [5, 5.41) is 10.9. The molecule has 4 fully saturated rings. The Morgan fingerprint density at radius 1 is 1.08 bits per heavy atom. The number of carbonyl (C=O) groups is 1. The zero-order valence-corrected chi connectivity index (χ0v) is 15.5. The van der Waals surface area contributed by atoms with Gasteiger partial charge in [-0.1, -0.05) is 13.8 Å². The topological polar surface area (TPSA) is 37.3 Å². The van der Waals surface area contributed by atoms with E-state index in [4.69, 9.17) is 5.48 Å². The van der Waals surface area contributed by atoms with Gasteiger partial charge in [0.15, 0.2) is 0 Å². The fourth-order valence-electron chi connectivity index (χ4n) is 7.61. The monoisotopic (exact) mass is 336 g/mol. The molecular formula is C22H36O2. The van der Waals surface area contributed by atoms with Crippen molar-refractivity contribution in [1.82, 2.24) is 0 Å². The highest BCUT2D eigenvalue weighted by Crippen LogP contribution is 2.68. The van der Waals surface area contributed by atoms with Crippen LogP contribution in [0, 0.1) is 40.4 Å². The Hall–Kier alpha value is -0.370. The Balaban J connectivity index is 1.61. The zero-order chi connectivity index (χ0) is 20.7. The lowest BCUT2D eigenvalue weighted by atomic mass is 9.44. The largest absolute Gasteiger partial charge is 0.390 e. The number of aliphatic hydroxyl groups is 1. The van der Waals surface area contributed by atoms with Crippen LogP contribution in [0.2, 0.25) is 0 Å². The van der Waals surface area contributed by atoms with Gasteiger partial charge in [-0.3, -0.25) is 4.79 Å². The van der Waals surface area contributed by atoms with Gasteiger partial charge in [0.05, 0.1) is 5.60 Å². The van der Waals surface area contributed by atoms with Gasteiger partial charge in [0, 0.05) is 11.4 Å². The number of fused-ring (bicyclic) bond motifs is 5. The molecule has 4 saturated carbocycles. The molecule has 0 spiro atoms. The molecule has 136 valence electrons. The molecule has 0 aliphatic heterocycles. The fraction of sp³-hybridized carbons (Fsp3) is 0.955. The van der Waals surface area contributed by atoms with Crippen LogP contribution in [0.1, 0.15) is 90.9 Å². The molecule has 0 bridgehead atoms. The molecule has 0 saturated heterocycles. The highest BCUT2D eigenvalue weighted by Gasteiger charge is 2.61. The van der Waals surface area contributed by atoms with Gasteiger partial charge < -0.3 is 5.11 Å². The van der Waals surface area contributed by atoms with Crippen molar-refractivity contribution in [2.24, 2.45) is 40.4 Å². The Morgan fingerprint density at radius 3 is 2.54 bits per heavy atom. The first kappa shape index (κ1) is 12.9. The van der Waals surface area contributed by atoms with E-state index in [0.29, 0.717) is 30.6 Å². The summed E-state index contributed by atoms with van der Waals surface area (Å²) in [5.74, 6) is 1.82. The SMILES string of the molecule is [2H]C1C[C@H]2[C@@H]3CC[C@H]4C[C@@](O)(C([2H])([2H])[2H])CC[C@]4(C)[C@H]3CC[C@]2(C)[C@H]1C(C)=O. The first-order valence-corrected chi connectivity index (χ1v) is 9.98. The highest BCUT2D eigenvalue weighted by molar-refractivity contribution is 5.79. The molecular weight excluding hydrogens is 296 g/mol. The molecule has 0 heterocycles. The quantitative estimate of drug-likeness (QED) is 0.733. The van der Waals surface area contributed by atoms with Crippen molar-refractivity contribution in [3.8, 4) is 0 Å². The molecule has 2 heteroatoms. The van der Waals surface area contributed by atoms with Crippen molar-refractivity contribution in [1.29, 1.82) is 0 Å². The van der Waals surface area contributed by atoms with Gasteiger partial charge >= 0.3 is 0 Å². The van der Waals surface area contributed by atoms with Gasteiger partial charge in [-0.15, -0.1) is 0 Å². The lowest BCUT2D eigenvalue weighted by molar-refractivity contribution is -0.150. The maximum Gasteiger partial charge on any atom is 0.133 e. The average molecular weight is 337 g/mol. The molecule has 0 radical (unpaired) electrons. The first-order chi connectivity index (χ1) is 12.8. The van der Waals surface area contributed by atoms with Crippen molar-refractivity contribution in [3.05, 3.63) is 0 Å². The van der Waals surface area contributed by atoms with Crippen molar-refractivity contribution < 1.29 is 15.4 Å². The van der Waals surface area contributed by atoms with Gasteiger partial charge in [0.1, 0.15) is 5.78 Å². The van der Waals surface area contributed by atoms with E-state index < -0.39 is 12.5 Å². The standard InChI is InChI=1S/C22H36O2/c1-14(23)17-7-8-18-16-6-5-15-13-20(2,24)11-12-21(15,3)19(16)9-10-22(17,18)4/h15-19,24H,5-13H2,1-4H3/t15-,16-,17+,18-,19-,20+,21-,22+/m0/s1/i2D3,7D/t7?,15-,16-,17+,18-,19-,20+,21-,22+. The molecule has 0 amide bonds. The van der Waals surface area contributed by atoms with Gasteiger partial charge in [-0.2, -0.15) is 0 Å². The van der Waals surface area contributed by atoms with Crippen molar-refractivity contribution in [2.45, 2.75) is 91.0 Å². The molecule has 0 aromatic rings. The summed E-state index contributed by atoms with van der Waals surface area (Å²) in [6.45, 7) is 3.96. The van der Waals surface area contributed by atoms with Gasteiger partial charge in [-0.25, -0.2) is 0 Å². The number of ketones is 1. The predicted octanol–water partition coefficient (Wildman–Crippen LogP) is 4.99. The normalized spacial score (nSPS) is 63.0. The summed E-state index contributed by atoms with van der Waals surface area (Å²) in [4.78, 5) is 12.3. The third kappa shape index (κ3) is 2.27. The Bertz CT molecular complexity index is 663. The van der Waals surface area contributed by atoms with E-state index in [1.54, 1.807) is 6.92 Å². The second-order valence-corrected chi connectivity index (χ2v) is 10.00. The third-order valence-electron chi connectivity index (χ3n) is 8.94. The van der Waals surface area contributed by atoms with Crippen LogP contribution in [0.4, 0.5) is 0 Å². The molecule has 0 aromatic carbocycles. The van der Waals surface area contributed by atoms with E-state index in [2.05, 4.69) is 13.8 Å². The molecule has 0 aromatic heterocycles. The van der Waals surface area contributed by atoms with Crippen LogP contribution >= 0.6 is 0 Å². The second-order valence-electron chi connectivity index (χ2n) is 10.00. The van der Waals surface area contributed by atoms with Gasteiger partial charge in [-0.05, 0) is 106 Å². The van der Waals surface area contributed by atoms with Gasteiger partial charge in [0.25, 0.3) is 0 Å². The van der Waals surface area contributed by atoms with Gasteiger partial charge in [0.2, 0.25) is 0 Å². The predicted molar refractivity (Wildman–Crippen MR) is 96.5 cm³/mol. The lowest BCUT2D eigenvalue weighted by Gasteiger charge is -2.61. The van der Waals surface area contributed by atoms with Crippen LogP contribution < -0.4 is 0 Å². The Morgan fingerprint density at radius 2 is 1.83 bits per heavy atom. The fourth-order valence-corrected chi connectivity index (χ4v) is 7.61. The van der Waals surface area contributed by atoms with E-state index in [9.17, 15) is 9.90 Å². The molecule has 1 unspecified atom stereocenters. The van der Waals surface area contributed by atoms with Crippen LogP contribution in [0.3, 0.4) is 0 Å². The molecule has 4 aliphatic rings. The molecule has 4 rings (SSSR count). The minimum absolute atomic E-state index is 0.0449. The summed E-state index contributed by atoms with van der Waals surface area (Å²) >= 11 is 0. The number of carbonyl (C=O) groups excluding carboxylic acids is 1. The summed E-state index contributed by atoms with van der Waals surface area (Å²) in [6.07, 6.45) is 6.19. The van der Waals surface area contributed by atoms with E-state index in [-0.39, 0.29) is 34.8 Å². The van der Waals surface area contributed by atoms with E-state index in [1.165, 1.54) is 0 Å². The van der Waals surface area contributed by atoms with Crippen molar-refractivity contribution >= 4 is 5.78 Å². The number of Topliss-reactive ketones (excluding diaryl/α,β-unsaturated/α-hetero) is 1. The van der Waals surface area contributed by atoms with Crippen LogP contribution in [-0.4, -0.2) is 16.5 Å². The zero-order valence-electron chi connectivity index (χ0n) is 19.5. The summed E-state index contributed by atoms with van der Waals surface area (Å²) < 4.78 is 32.0. The van der Waals surface area contributed by atoms with Crippen LogP contribution in [-0.2, 0) is 4.79 Å². The van der Waals surface area contributed by atoms with Crippen molar-refractivity contribution in [2.75, 3.05) is 0 Å². The molecule has 2 nitrogen and oxygen atoms in total. The highest BCUT2D eigenvalue weighted by atomic mass is 16.3. The molecule has 4 aliphatic carbocycles. The third-order valence-corrected chi connectivity index (χ3v) is 8.94. The number of rotatable bonds is 1. The number of hydrogen-bond donors (Lipinski definition) is 1. The maximum absolute atomic E-state index is 12.3. The molecule has 9 atom stereocenters. The minimum Gasteiger partial charge on any atom is -0.390 e. The second kappa shape index (κ2) is 5.32. The summed E-state index contributed by atoms with van der Waals surface area (Å²) in [6, 6.07) is 0. The Kier molecular flexibility index (Phi) is 2.86. The Labute approximate surface area is 153 Å². The molecule has 24 heavy (non-hydrogen) atoms. The van der Waals surface area contributed by atoms with Crippen molar-refractivity contribution in [3.63, 3.8) is 0 Å². The first-order valence-electron chi connectivity index (χ1n) is 12.1. The average Bonchev–Trinajstić information content (AvgIpc) is 2.85. The van der Waals surface area contributed by atoms with Crippen LogP contribution in [0.25, 0.3) is 0 Å². The van der Waals surface area contributed by atoms with E-state index in [1.807, 2.05) is 0 Å².